The predicted molar refractivity (Wildman–Crippen MR) is 62.7 cm³/mol. The molecule has 0 saturated heterocycles. The van der Waals surface area contributed by atoms with Gasteiger partial charge in [0.25, 0.3) is 0 Å². The van der Waals surface area contributed by atoms with Crippen LogP contribution in [0.1, 0.15) is 0 Å². The van der Waals surface area contributed by atoms with Gasteiger partial charge in [0.15, 0.2) is 0 Å². The molecule has 0 saturated carbocycles. The molecule has 0 aromatic carbocycles. The van der Waals surface area contributed by atoms with E-state index in [1.165, 1.54) is 0 Å². The first-order valence-electron chi connectivity index (χ1n) is 4.29. The molecule has 0 unspecified atom stereocenters. The minimum Gasteiger partial charge on any atom is -0.308 e. The molecule has 4 heteroatoms. The van der Waals surface area contributed by atoms with Crippen molar-refractivity contribution >= 4 is 25.3 Å². The van der Waals surface area contributed by atoms with E-state index in [0.717, 1.165) is 37.7 Å². The van der Waals surface area contributed by atoms with Crippen LogP contribution in [0.3, 0.4) is 0 Å². The van der Waals surface area contributed by atoms with Crippen LogP contribution < -0.4 is 0 Å². The molecule has 2 nitrogen and oxygen atoms in total. The van der Waals surface area contributed by atoms with E-state index in [1.54, 1.807) is 0 Å². The van der Waals surface area contributed by atoms with E-state index in [4.69, 9.17) is 0 Å². The molecular weight excluding hydrogens is 188 g/mol. The Morgan fingerprint density at radius 1 is 0.833 bits per heavy atom. The van der Waals surface area contributed by atoms with Crippen LogP contribution in [0, 0.1) is 0 Å². The summed E-state index contributed by atoms with van der Waals surface area (Å²) in [5.74, 6) is 1.86. The Labute approximate surface area is 87.1 Å². The zero-order chi connectivity index (χ0) is 9.40. The third-order valence-electron chi connectivity index (χ3n) is 1.70. The fourth-order valence-corrected chi connectivity index (χ4v) is 1.53. The molecule has 0 aliphatic rings. The molecule has 12 heavy (non-hydrogen) atoms. The van der Waals surface area contributed by atoms with Crippen molar-refractivity contribution in [1.82, 2.24) is 9.80 Å². The highest BCUT2D eigenvalue weighted by Gasteiger charge is 2.02. The molecule has 0 aromatic rings. The Morgan fingerprint density at radius 3 is 1.67 bits per heavy atom. The molecule has 0 N–H and O–H groups in total. The summed E-state index contributed by atoms with van der Waals surface area (Å²) in [6.07, 6.45) is 0. The summed E-state index contributed by atoms with van der Waals surface area (Å²) < 4.78 is 0. The highest BCUT2D eigenvalue weighted by molar-refractivity contribution is 7.80. The zero-order valence-corrected chi connectivity index (χ0v) is 9.82. The molecule has 0 aliphatic heterocycles. The number of likely N-dealkylation sites (N-methyl/N-ethyl adjacent to an activating group) is 1. The lowest BCUT2D eigenvalue weighted by Gasteiger charge is -2.22. The van der Waals surface area contributed by atoms with Crippen molar-refractivity contribution < 1.29 is 0 Å². The Balaban J connectivity index is 3.48. The standard InChI is InChI=1S/C8H20N2S2/c1-9(2)3-4-10(5-7-11)6-8-12/h11-12H,3-8H2,1-2H3. The average molecular weight is 208 g/mol. The highest BCUT2D eigenvalue weighted by atomic mass is 32.1. The maximum Gasteiger partial charge on any atom is 0.0110 e. The number of hydrogen-bond acceptors (Lipinski definition) is 4. The summed E-state index contributed by atoms with van der Waals surface area (Å²) in [4.78, 5) is 4.59. The largest absolute Gasteiger partial charge is 0.308 e. The first-order chi connectivity index (χ1) is 5.70. The van der Waals surface area contributed by atoms with Gasteiger partial charge in [-0.25, -0.2) is 0 Å². The molecule has 0 aromatic heterocycles. The summed E-state index contributed by atoms with van der Waals surface area (Å²) in [5.41, 5.74) is 0. The Morgan fingerprint density at radius 2 is 1.33 bits per heavy atom. The van der Waals surface area contributed by atoms with Gasteiger partial charge in [-0.2, -0.15) is 25.3 Å². The lowest BCUT2D eigenvalue weighted by Crippen LogP contribution is -2.34. The molecule has 0 heterocycles. The minimum absolute atomic E-state index is 0.932. The topological polar surface area (TPSA) is 6.48 Å². The fourth-order valence-electron chi connectivity index (χ4n) is 0.960. The van der Waals surface area contributed by atoms with E-state index in [0.29, 0.717) is 0 Å². The van der Waals surface area contributed by atoms with Crippen molar-refractivity contribution in [2.75, 3.05) is 51.8 Å². The highest BCUT2D eigenvalue weighted by Crippen LogP contribution is 1.91. The van der Waals surface area contributed by atoms with Crippen molar-refractivity contribution in [3.8, 4) is 0 Å². The van der Waals surface area contributed by atoms with Crippen LogP contribution in [0.5, 0.6) is 0 Å². The molecule has 0 bridgehead atoms. The average Bonchev–Trinajstić information content (AvgIpc) is 2.01. The number of hydrogen-bond donors (Lipinski definition) is 2. The Kier molecular flexibility index (Phi) is 8.65. The number of nitrogens with zero attached hydrogens (tertiary/aromatic N) is 2. The van der Waals surface area contributed by atoms with Crippen LogP contribution in [-0.2, 0) is 0 Å². The van der Waals surface area contributed by atoms with Crippen molar-refractivity contribution in [2.45, 2.75) is 0 Å². The number of rotatable bonds is 7. The molecule has 0 aliphatic carbocycles. The van der Waals surface area contributed by atoms with Crippen molar-refractivity contribution in [3.63, 3.8) is 0 Å². The second kappa shape index (κ2) is 8.23. The van der Waals surface area contributed by atoms with Gasteiger partial charge < -0.3 is 9.80 Å². The van der Waals surface area contributed by atoms with E-state index >= 15 is 0 Å². The van der Waals surface area contributed by atoms with Gasteiger partial charge in [-0.05, 0) is 14.1 Å². The van der Waals surface area contributed by atoms with Crippen LogP contribution in [0.4, 0.5) is 0 Å². The quantitative estimate of drug-likeness (QED) is 0.595. The van der Waals surface area contributed by atoms with Crippen LogP contribution >= 0.6 is 25.3 Å². The van der Waals surface area contributed by atoms with E-state index in [-0.39, 0.29) is 0 Å². The number of thiol groups is 2. The van der Waals surface area contributed by atoms with E-state index < -0.39 is 0 Å². The van der Waals surface area contributed by atoms with Crippen LogP contribution in [0.25, 0.3) is 0 Å². The normalized spacial score (nSPS) is 11.5. The van der Waals surface area contributed by atoms with Crippen LogP contribution in [0.2, 0.25) is 0 Å². The van der Waals surface area contributed by atoms with Gasteiger partial charge >= 0.3 is 0 Å². The molecule has 74 valence electrons. The molecule has 0 spiro atoms. The van der Waals surface area contributed by atoms with Crippen molar-refractivity contribution in [2.24, 2.45) is 0 Å². The Bertz CT molecular complexity index is 93.1. The summed E-state index contributed by atoms with van der Waals surface area (Å²) in [6, 6.07) is 0. The first kappa shape index (κ1) is 12.6. The second-order valence-electron chi connectivity index (χ2n) is 3.09. The maximum atomic E-state index is 4.22. The second-order valence-corrected chi connectivity index (χ2v) is 3.99. The van der Waals surface area contributed by atoms with Gasteiger partial charge in [-0.3, -0.25) is 0 Å². The van der Waals surface area contributed by atoms with Crippen LogP contribution in [-0.4, -0.2) is 61.6 Å². The van der Waals surface area contributed by atoms with Crippen molar-refractivity contribution in [1.29, 1.82) is 0 Å². The molecular formula is C8H20N2S2. The van der Waals surface area contributed by atoms with E-state index in [2.05, 4.69) is 49.2 Å². The summed E-state index contributed by atoms with van der Waals surface area (Å²) in [5, 5.41) is 0. The van der Waals surface area contributed by atoms with E-state index in [9.17, 15) is 0 Å². The van der Waals surface area contributed by atoms with E-state index in [1.807, 2.05) is 0 Å². The molecule has 0 fully saturated rings. The Hall–Kier alpha value is 0.620. The zero-order valence-electron chi connectivity index (χ0n) is 8.03. The minimum atomic E-state index is 0.932. The lowest BCUT2D eigenvalue weighted by molar-refractivity contribution is 0.265. The van der Waals surface area contributed by atoms with Gasteiger partial charge in [0.1, 0.15) is 0 Å². The van der Waals surface area contributed by atoms with Gasteiger partial charge in [-0.1, -0.05) is 0 Å². The molecule has 0 rings (SSSR count). The van der Waals surface area contributed by atoms with Gasteiger partial charge in [-0.15, -0.1) is 0 Å². The third kappa shape index (κ3) is 7.28. The summed E-state index contributed by atoms with van der Waals surface area (Å²) in [6.45, 7) is 4.37. The first-order valence-corrected chi connectivity index (χ1v) is 5.56. The SMILES string of the molecule is CN(C)CCN(CCS)CCS. The monoisotopic (exact) mass is 208 g/mol. The van der Waals surface area contributed by atoms with Gasteiger partial charge in [0.05, 0.1) is 0 Å². The smallest absolute Gasteiger partial charge is 0.0110 e. The van der Waals surface area contributed by atoms with Crippen molar-refractivity contribution in [3.05, 3.63) is 0 Å². The summed E-state index contributed by atoms with van der Waals surface area (Å²) >= 11 is 8.43. The molecule has 0 atom stereocenters. The molecule has 0 amide bonds. The lowest BCUT2D eigenvalue weighted by atomic mass is 10.4. The van der Waals surface area contributed by atoms with Gasteiger partial charge in [0, 0.05) is 37.7 Å². The van der Waals surface area contributed by atoms with Crippen LogP contribution in [0.15, 0.2) is 0 Å². The molecule has 0 radical (unpaired) electrons. The fraction of sp³-hybridized carbons (Fsp3) is 1.00. The maximum absolute atomic E-state index is 4.22. The summed E-state index contributed by atoms with van der Waals surface area (Å²) in [7, 11) is 4.19. The third-order valence-corrected chi connectivity index (χ3v) is 2.10. The van der Waals surface area contributed by atoms with Gasteiger partial charge in [0.2, 0.25) is 0 Å². The predicted octanol–water partition coefficient (Wildman–Crippen LogP) is 0.710.